The molecular weight excluding hydrogens is 993 g/mol. The molecule has 71 heavy (non-hydrogen) atoms. The number of hydrogen-bond acceptors (Lipinski definition) is 6. The van der Waals surface area contributed by atoms with Gasteiger partial charge in [0, 0.05) is 72.7 Å². The summed E-state index contributed by atoms with van der Waals surface area (Å²) in [7, 11) is -3.80. The Bertz CT molecular complexity index is 2730. The van der Waals surface area contributed by atoms with Gasteiger partial charge in [-0.25, -0.2) is 22.1 Å². The lowest BCUT2D eigenvalue weighted by molar-refractivity contribution is 0.0526. The average Bonchev–Trinajstić information content (AvgIpc) is 3.31. The van der Waals surface area contributed by atoms with E-state index in [1.165, 1.54) is 64.2 Å². The predicted octanol–water partition coefficient (Wildman–Crippen LogP) is 15.5. The van der Waals surface area contributed by atoms with Crippen molar-refractivity contribution < 1.29 is 22.7 Å². The van der Waals surface area contributed by atoms with Gasteiger partial charge in [0.25, 0.3) is 0 Å². The number of likely N-dealkylation sites (N-methyl/N-ethyl adjacent to an activating group) is 2. The van der Waals surface area contributed by atoms with Gasteiger partial charge < -0.3 is 14.4 Å². The normalized spacial score (nSPS) is 15.7. The van der Waals surface area contributed by atoms with Crippen molar-refractivity contribution in [2.45, 2.75) is 183 Å². The van der Waals surface area contributed by atoms with Crippen molar-refractivity contribution in [2.75, 3.05) is 43.4 Å². The summed E-state index contributed by atoms with van der Waals surface area (Å²) in [6.45, 7) is 23.7. The highest BCUT2D eigenvalue weighted by Gasteiger charge is 2.40. The van der Waals surface area contributed by atoms with Crippen molar-refractivity contribution in [1.29, 1.82) is 0 Å². The van der Waals surface area contributed by atoms with E-state index in [1.54, 1.807) is 11.2 Å². The Morgan fingerprint density at radius 2 is 1.25 bits per heavy atom. The molecule has 3 heterocycles. The first-order valence-electron chi connectivity index (χ1n) is 26.7. The van der Waals surface area contributed by atoms with Crippen LogP contribution in [0.3, 0.4) is 0 Å². The van der Waals surface area contributed by atoms with Gasteiger partial charge in [-0.15, -0.1) is 0 Å². The third-order valence-corrected chi connectivity index (χ3v) is 18.3. The van der Waals surface area contributed by atoms with Crippen LogP contribution in [0.5, 0.6) is 11.5 Å². The van der Waals surface area contributed by atoms with E-state index in [0.29, 0.717) is 53.1 Å². The number of rotatable bonds is 26. The van der Waals surface area contributed by atoms with Gasteiger partial charge in [0.05, 0.1) is 55.2 Å². The van der Waals surface area contributed by atoms with Gasteiger partial charge in [0.15, 0.2) is 5.54 Å². The molecule has 0 amide bonds. The largest absolute Gasteiger partial charge is 0.462 e. The maximum atomic E-state index is 15.1. The highest BCUT2D eigenvalue weighted by Crippen LogP contribution is 2.51. The van der Waals surface area contributed by atoms with Crippen molar-refractivity contribution in [1.82, 2.24) is 8.88 Å². The second-order valence-corrected chi connectivity index (χ2v) is 24.3. The summed E-state index contributed by atoms with van der Waals surface area (Å²) in [5.74, 6) is 0.180. The lowest BCUT2D eigenvalue weighted by Gasteiger charge is -2.43. The fraction of sp³-hybridized carbons (Fsp3) is 0.586. The number of ether oxygens (including phenoxy) is 2. The SMILES string of the molecule is CCCCCCCCCCN(CCCCCCCCCC)S(=O)(=O)CC1=CC(C)(C)[N+](CC)=c2cc3c(cc21)=C(c1c(Cl)c(Cl)c(Cl)c(Cl)c1C(=O)OCC)c1cc2c(cc1O3)N(CC)C(C)(C)C=C2C. The summed E-state index contributed by atoms with van der Waals surface area (Å²) in [4.78, 5) is 16.5. The van der Waals surface area contributed by atoms with Crippen molar-refractivity contribution >= 4 is 84.8 Å². The number of nitrogens with zero attached hydrogens (tertiary/aromatic N) is 3. The van der Waals surface area contributed by atoms with Crippen LogP contribution in [0, 0.1) is 0 Å². The van der Waals surface area contributed by atoms with E-state index in [4.69, 9.17) is 55.9 Å². The molecule has 0 spiro atoms. The summed E-state index contributed by atoms with van der Waals surface area (Å²) in [5.41, 5.74) is 5.15. The number of halogens is 4. The molecule has 0 fully saturated rings. The lowest BCUT2D eigenvalue weighted by Crippen LogP contribution is -2.50. The third-order valence-electron chi connectivity index (χ3n) is 14.7. The highest BCUT2D eigenvalue weighted by atomic mass is 35.5. The number of anilines is 1. The highest BCUT2D eigenvalue weighted by molar-refractivity contribution is 7.89. The minimum Gasteiger partial charge on any atom is -0.462 e. The Labute approximate surface area is 446 Å². The Hall–Kier alpha value is -3.05. The minimum absolute atomic E-state index is 0.00644. The van der Waals surface area contributed by atoms with E-state index in [9.17, 15) is 4.79 Å². The van der Waals surface area contributed by atoms with Crippen molar-refractivity contribution in [2.24, 2.45) is 0 Å². The molecule has 0 unspecified atom stereocenters. The fourth-order valence-corrected chi connectivity index (χ4v) is 13.9. The van der Waals surface area contributed by atoms with Crippen molar-refractivity contribution in [3.8, 4) is 11.5 Å². The molecule has 3 aliphatic rings. The first-order valence-corrected chi connectivity index (χ1v) is 29.8. The maximum Gasteiger partial charge on any atom is 0.340 e. The predicted molar refractivity (Wildman–Crippen MR) is 301 cm³/mol. The molecule has 3 aromatic rings. The Morgan fingerprint density at radius 1 is 0.690 bits per heavy atom. The van der Waals surface area contributed by atoms with Gasteiger partial charge in [-0.05, 0) is 83.7 Å². The molecule has 3 aromatic carbocycles. The Kier molecular flexibility index (Phi) is 20.1. The second-order valence-electron chi connectivity index (χ2n) is 20.8. The maximum absolute atomic E-state index is 15.1. The number of unbranched alkanes of at least 4 members (excludes halogenated alkanes) is 14. The molecule has 6 rings (SSSR count). The zero-order chi connectivity index (χ0) is 51.8. The molecule has 0 bridgehead atoms. The molecule has 0 aromatic heterocycles. The molecule has 0 radical (unpaired) electrons. The zero-order valence-electron chi connectivity index (χ0n) is 44.3. The lowest BCUT2D eigenvalue weighted by atomic mass is 9.83. The van der Waals surface area contributed by atoms with Crippen LogP contribution >= 0.6 is 46.4 Å². The molecule has 3 aliphatic heterocycles. The summed E-state index contributed by atoms with van der Waals surface area (Å²) < 4.78 is 47.0. The molecule has 0 aliphatic carbocycles. The van der Waals surface area contributed by atoms with Crippen LogP contribution in [0.25, 0.3) is 16.7 Å². The van der Waals surface area contributed by atoms with Crippen LogP contribution in [0.15, 0.2) is 36.4 Å². The molecule has 13 heteroatoms. The van der Waals surface area contributed by atoms with Crippen molar-refractivity contribution in [3.05, 3.63) is 94.9 Å². The number of carbonyl (C=O) groups is 1. The topological polar surface area (TPSA) is 79.2 Å². The van der Waals surface area contributed by atoms with E-state index in [-0.39, 0.29) is 49.1 Å². The molecule has 0 N–H and O–H groups in total. The monoisotopic (exact) mass is 1070 g/mol. The average molecular weight is 1070 g/mol. The smallest absolute Gasteiger partial charge is 0.340 e. The van der Waals surface area contributed by atoms with E-state index >= 15 is 8.42 Å². The van der Waals surface area contributed by atoms with Gasteiger partial charge in [-0.3, -0.25) is 0 Å². The Balaban J connectivity index is 1.55. The summed E-state index contributed by atoms with van der Waals surface area (Å²) in [6.07, 6.45) is 22.6. The van der Waals surface area contributed by atoms with Gasteiger partial charge in [0.2, 0.25) is 15.4 Å². The molecule has 8 nitrogen and oxygen atoms in total. The minimum atomic E-state index is -3.80. The molecular formula is C58H80Cl4N3O5S+. The van der Waals surface area contributed by atoms with Crippen LogP contribution in [-0.2, 0) is 14.8 Å². The standard InChI is InChI=1S/C58H80Cl4N3O5S/c1-11-16-18-20-22-24-26-28-30-63(31-29-27-25-23-21-19-17-12-2)71(67,68)38-40-37-58(9,10)65(14-4)46-35-48-44(33-42(40)46)49(50-51(56(66)69-15-5)53(60)55(62)54(61)52(50)59)43-32-41-39(6)36-57(7,8)64(13-3)45(41)34-47(43)70-48/h32-37H,11-31,38H2,1-10H3/q+1. The van der Waals surface area contributed by atoms with Crippen LogP contribution in [0.2, 0.25) is 20.1 Å². The quantitative estimate of drug-likeness (QED) is 0.0205. The van der Waals surface area contributed by atoms with Crippen LogP contribution in [-0.4, -0.2) is 68.3 Å². The van der Waals surface area contributed by atoms with Crippen molar-refractivity contribution in [3.63, 3.8) is 0 Å². The van der Waals surface area contributed by atoms with Crippen LogP contribution < -0.4 is 24.8 Å². The summed E-state index contributed by atoms with van der Waals surface area (Å²) in [6, 6.07) is 8.18. The van der Waals surface area contributed by atoms with E-state index in [0.717, 1.165) is 72.8 Å². The number of benzene rings is 3. The fourth-order valence-electron chi connectivity index (χ4n) is 11.2. The van der Waals surface area contributed by atoms with Gasteiger partial charge in [-0.2, -0.15) is 0 Å². The number of allylic oxidation sites excluding steroid dienone is 1. The second kappa shape index (κ2) is 25.0. The van der Waals surface area contributed by atoms with E-state index in [2.05, 4.69) is 96.1 Å². The molecule has 0 saturated heterocycles. The van der Waals surface area contributed by atoms with E-state index < -0.39 is 21.5 Å². The number of fused-ring (bicyclic) bond motifs is 4. The number of hydrogen-bond donors (Lipinski definition) is 0. The molecule has 0 saturated carbocycles. The third kappa shape index (κ3) is 12.7. The Morgan fingerprint density at radius 3 is 1.80 bits per heavy atom. The first kappa shape index (κ1) is 57.2. The number of esters is 1. The van der Waals surface area contributed by atoms with Crippen LogP contribution in [0.4, 0.5) is 5.69 Å². The van der Waals surface area contributed by atoms with Crippen LogP contribution in [0.1, 0.15) is 205 Å². The molecule has 0 atom stereocenters. The number of sulfonamides is 1. The van der Waals surface area contributed by atoms with Gasteiger partial charge in [0.1, 0.15) is 18.0 Å². The summed E-state index contributed by atoms with van der Waals surface area (Å²) in [5, 5.41) is 1.32. The van der Waals surface area contributed by atoms with Gasteiger partial charge >= 0.3 is 5.97 Å². The van der Waals surface area contributed by atoms with E-state index in [1.807, 2.05) is 12.1 Å². The first-order chi connectivity index (χ1) is 33.8. The zero-order valence-corrected chi connectivity index (χ0v) is 48.2. The summed E-state index contributed by atoms with van der Waals surface area (Å²) >= 11 is 28.0. The number of carbonyl (C=O) groups excluding carboxylic acids is 1. The molecule has 390 valence electrons. The van der Waals surface area contributed by atoms with Gasteiger partial charge in [-0.1, -0.05) is 156 Å².